The van der Waals surface area contributed by atoms with Crippen LogP contribution in [0, 0.1) is 0 Å². The highest BCUT2D eigenvalue weighted by atomic mass is 32.2. The van der Waals surface area contributed by atoms with E-state index in [1.807, 2.05) is 72.8 Å². The largest absolute Gasteiger partial charge is 0.350 e. The molecule has 0 bridgehead atoms. The van der Waals surface area contributed by atoms with Crippen LogP contribution in [0.4, 0.5) is 0 Å². The lowest BCUT2D eigenvalue weighted by atomic mass is 10.0. The Kier molecular flexibility index (Phi) is 9.96. The number of aromatic nitrogens is 1. The van der Waals surface area contributed by atoms with Crippen LogP contribution in [0.15, 0.2) is 114 Å². The lowest BCUT2D eigenvalue weighted by Crippen LogP contribution is -2.50. The SMILES string of the molecule is O=C(NCc1ccncc1)C(Cc1ccccc1)N(Cc1ccccc1)C(=O)CCc1ccc(S(=O)(=O)NC2CC2)cc1. The molecule has 3 aromatic carbocycles. The maximum Gasteiger partial charge on any atom is 0.243 e. The first-order chi connectivity index (χ1) is 20.9. The molecular formula is C34H36N4O4S. The van der Waals surface area contributed by atoms with Gasteiger partial charge in [0.25, 0.3) is 0 Å². The summed E-state index contributed by atoms with van der Waals surface area (Å²) in [6.45, 7) is 0.606. The van der Waals surface area contributed by atoms with Gasteiger partial charge in [0, 0.05) is 44.4 Å². The highest BCUT2D eigenvalue weighted by Gasteiger charge is 2.30. The highest BCUT2D eigenvalue weighted by Crippen LogP contribution is 2.23. The second kappa shape index (κ2) is 14.2. The quantitative estimate of drug-likeness (QED) is 0.224. The van der Waals surface area contributed by atoms with Crippen LogP contribution in [0.25, 0.3) is 0 Å². The number of carbonyl (C=O) groups is 2. The molecule has 0 saturated heterocycles. The Hall–Kier alpha value is -4.34. The van der Waals surface area contributed by atoms with Crippen LogP contribution in [-0.4, -0.2) is 42.2 Å². The van der Waals surface area contributed by atoms with Gasteiger partial charge >= 0.3 is 0 Å². The molecule has 9 heteroatoms. The monoisotopic (exact) mass is 596 g/mol. The van der Waals surface area contributed by atoms with E-state index in [0.717, 1.165) is 35.1 Å². The molecule has 0 spiro atoms. The van der Waals surface area contributed by atoms with Gasteiger partial charge in [0.05, 0.1) is 4.90 Å². The third-order valence-electron chi connectivity index (χ3n) is 7.44. The van der Waals surface area contributed by atoms with Gasteiger partial charge in [-0.1, -0.05) is 72.8 Å². The fourth-order valence-electron chi connectivity index (χ4n) is 4.86. The number of aryl methyl sites for hydroxylation is 1. The number of nitrogens with zero attached hydrogens (tertiary/aromatic N) is 2. The number of pyridine rings is 1. The van der Waals surface area contributed by atoms with Crippen molar-refractivity contribution in [2.45, 2.75) is 62.2 Å². The van der Waals surface area contributed by atoms with Crippen LogP contribution in [-0.2, 0) is 45.5 Å². The molecule has 2 amide bonds. The molecule has 1 saturated carbocycles. The van der Waals surface area contributed by atoms with Crippen molar-refractivity contribution in [2.24, 2.45) is 0 Å². The molecule has 2 N–H and O–H groups in total. The fourth-order valence-corrected chi connectivity index (χ4v) is 6.17. The molecule has 43 heavy (non-hydrogen) atoms. The van der Waals surface area contributed by atoms with Crippen LogP contribution in [0.3, 0.4) is 0 Å². The molecule has 1 aliphatic rings. The molecule has 1 aromatic heterocycles. The first-order valence-corrected chi connectivity index (χ1v) is 16.0. The molecule has 4 aromatic rings. The van der Waals surface area contributed by atoms with Crippen molar-refractivity contribution >= 4 is 21.8 Å². The summed E-state index contributed by atoms with van der Waals surface area (Å²) < 4.78 is 27.8. The van der Waals surface area contributed by atoms with Crippen molar-refractivity contribution in [1.29, 1.82) is 0 Å². The Bertz CT molecular complexity index is 1590. The Morgan fingerprint density at radius 3 is 2.05 bits per heavy atom. The maximum absolute atomic E-state index is 13.9. The number of carbonyl (C=O) groups excluding carboxylic acids is 2. The number of hydrogen-bond donors (Lipinski definition) is 2. The maximum atomic E-state index is 13.9. The summed E-state index contributed by atoms with van der Waals surface area (Å²) >= 11 is 0. The van der Waals surface area contributed by atoms with Crippen LogP contribution in [0.1, 0.15) is 41.5 Å². The fraction of sp³-hybridized carbons (Fsp3) is 0.265. The van der Waals surface area contributed by atoms with Gasteiger partial charge in [-0.3, -0.25) is 14.6 Å². The van der Waals surface area contributed by atoms with Crippen molar-refractivity contribution in [3.63, 3.8) is 0 Å². The smallest absolute Gasteiger partial charge is 0.243 e. The first kappa shape index (κ1) is 30.1. The van der Waals surface area contributed by atoms with E-state index < -0.39 is 16.1 Å². The minimum Gasteiger partial charge on any atom is -0.350 e. The molecule has 1 aliphatic carbocycles. The Labute approximate surface area is 253 Å². The molecular weight excluding hydrogens is 560 g/mol. The van der Waals surface area contributed by atoms with E-state index in [-0.39, 0.29) is 35.7 Å². The van der Waals surface area contributed by atoms with E-state index >= 15 is 0 Å². The number of amides is 2. The molecule has 5 rings (SSSR count). The van der Waals surface area contributed by atoms with Gasteiger partial charge in [-0.15, -0.1) is 0 Å². The van der Waals surface area contributed by atoms with Crippen LogP contribution < -0.4 is 10.0 Å². The summed E-state index contributed by atoms with van der Waals surface area (Å²) in [5.41, 5.74) is 3.64. The third kappa shape index (κ3) is 8.83. The predicted molar refractivity (Wildman–Crippen MR) is 165 cm³/mol. The summed E-state index contributed by atoms with van der Waals surface area (Å²) in [4.78, 5) is 33.6. The minimum absolute atomic E-state index is 0.0311. The van der Waals surface area contributed by atoms with Crippen molar-refractivity contribution in [1.82, 2.24) is 19.9 Å². The standard InChI is InChI=1S/C34H36N4O4S/c39-33(18-13-26-11-16-31(17-12-26)43(41,42)37-30-14-15-30)38(25-29-9-5-2-6-10-29)32(23-27-7-3-1-4-8-27)34(40)36-24-28-19-21-35-22-20-28/h1-12,16-17,19-22,30,32,37H,13-15,18,23-25H2,(H,36,40). The normalized spacial score (nSPS) is 13.7. The van der Waals surface area contributed by atoms with Crippen molar-refractivity contribution in [3.8, 4) is 0 Å². The number of benzene rings is 3. The summed E-state index contributed by atoms with van der Waals surface area (Å²) in [5.74, 6) is -0.390. The van der Waals surface area contributed by atoms with Crippen molar-refractivity contribution < 1.29 is 18.0 Å². The Morgan fingerprint density at radius 1 is 0.791 bits per heavy atom. The van der Waals surface area contributed by atoms with E-state index in [1.54, 1.807) is 41.6 Å². The van der Waals surface area contributed by atoms with Gasteiger partial charge in [0.2, 0.25) is 21.8 Å². The number of hydrogen-bond acceptors (Lipinski definition) is 5. The van der Waals surface area contributed by atoms with Crippen LogP contribution in [0.2, 0.25) is 0 Å². The summed E-state index contributed by atoms with van der Waals surface area (Å²) in [6.07, 6.45) is 6.04. The highest BCUT2D eigenvalue weighted by molar-refractivity contribution is 7.89. The summed E-state index contributed by atoms with van der Waals surface area (Å²) in [7, 11) is -3.54. The Balaban J connectivity index is 1.34. The predicted octanol–water partition coefficient (Wildman–Crippen LogP) is 4.41. The first-order valence-electron chi connectivity index (χ1n) is 14.5. The van der Waals surface area contributed by atoms with E-state index in [4.69, 9.17) is 0 Å². The van der Waals surface area contributed by atoms with Gasteiger partial charge in [-0.25, -0.2) is 13.1 Å². The van der Waals surface area contributed by atoms with Crippen LogP contribution in [0.5, 0.6) is 0 Å². The lowest BCUT2D eigenvalue weighted by molar-refractivity contribution is -0.141. The molecule has 1 atom stereocenters. The van der Waals surface area contributed by atoms with E-state index in [9.17, 15) is 18.0 Å². The topological polar surface area (TPSA) is 108 Å². The summed E-state index contributed by atoms with van der Waals surface area (Å²) in [5, 5.41) is 3.03. The van der Waals surface area contributed by atoms with Crippen molar-refractivity contribution in [3.05, 3.63) is 132 Å². The van der Waals surface area contributed by atoms with Gasteiger partial charge in [-0.2, -0.15) is 0 Å². The second-order valence-corrected chi connectivity index (χ2v) is 12.5. The van der Waals surface area contributed by atoms with Gasteiger partial charge < -0.3 is 10.2 Å². The molecule has 8 nitrogen and oxygen atoms in total. The molecule has 1 fully saturated rings. The molecule has 0 radical (unpaired) electrons. The molecule has 222 valence electrons. The Morgan fingerprint density at radius 2 is 1.42 bits per heavy atom. The van der Waals surface area contributed by atoms with E-state index in [0.29, 0.717) is 19.4 Å². The average molecular weight is 597 g/mol. The molecule has 1 heterocycles. The third-order valence-corrected chi connectivity index (χ3v) is 8.98. The number of rotatable bonds is 14. The average Bonchev–Trinajstić information content (AvgIpc) is 3.85. The van der Waals surface area contributed by atoms with Gasteiger partial charge in [0.15, 0.2) is 0 Å². The zero-order valence-corrected chi connectivity index (χ0v) is 24.7. The lowest BCUT2D eigenvalue weighted by Gasteiger charge is -2.31. The molecule has 0 aliphatic heterocycles. The van der Waals surface area contributed by atoms with E-state index in [1.165, 1.54) is 0 Å². The van der Waals surface area contributed by atoms with Crippen LogP contribution >= 0.6 is 0 Å². The van der Waals surface area contributed by atoms with Gasteiger partial charge in [-0.05, 0) is 65.8 Å². The zero-order valence-electron chi connectivity index (χ0n) is 23.9. The number of sulfonamides is 1. The van der Waals surface area contributed by atoms with E-state index in [2.05, 4.69) is 15.0 Å². The van der Waals surface area contributed by atoms with Gasteiger partial charge in [0.1, 0.15) is 6.04 Å². The minimum atomic E-state index is -3.54. The summed E-state index contributed by atoms with van der Waals surface area (Å²) in [6, 6.07) is 29.0. The molecule has 1 unspecified atom stereocenters. The number of nitrogens with one attached hydrogen (secondary N) is 2. The van der Waals surface area contributed by atoms with Crippen molar-refractivity contribution in [2.75, 3.05) is 0 Å². The zero-order chi connectivity index (χ0) is 30.1. The second-order valence-electron chi connectivity index (χ2n) is 10.8.